The molecule has 0 saturated heterocycles. The number of hydrogen-bond donors (Lipinski definition) is 1. The first-order valence-corrected chi connectivity index (χ1v) is 8.67. The van der Waals surface area contributed by atoms with Crippen molar-refractivity contribution in [1.29, 1.82) is 0 Å². The van der Waals surface area contributed by atoms with Gasteiger partial charge in [-0.25, -0.2) is 8.42 Å². The van der Waals surface area contributed by atoms with E-state index in [0.29, 0.717) is 39.1 Å². The van der Waals surface area contributed by atoms with Crippen LogP contribution in [-0.4, -0.2) is 29.7 Å². The van der Waals surface area contributed by atoms with E-state index in [-0.39, 0.29) is 0 Å². The molecular weight excluding hydrogens is 330 g/mol. The molecule has 0 aliphatic carbocycles. The fourth-order valence-electron chi connectivity index (χ4n) is 2.55. The van der Waals surface area contributed by atoms with E-state index in [1.165, 1.54) is 26.7 Å². The number of methoxy groups -OCH3 is 3. The van der Waals surface area contributed by atoms with Crippen LogP contribution in [0.5, 0.6) is 17.2 Å². The molecule has 6 nitrogen and oxygen atoms in total. The van der Waals surface area contributed by atoms with Crippen LogP contribution in [0.25, 0.3) is 6.08 Å². The lowest BCUT2D eigenvalue weighted by molar-refractivity contribution is 0.324. The lowest BCUT2D eigenvalue weighted by Gasteiger charge is -2.15. The van der Waals surface area contributed by atoms with E-state index in [1.54, 1.807) is 30.3 Å². The fourth-order valence-corrected chi connectivity index (χ4v) is 3.78. The Morgan fingerprint density at radius 1 is 0.875 bits per heavy atom. The first-order valence-electron chi connectivity index (χ1n) is 7.13. The molecule has 1 aliphatic rings. The van der Waals surface area contributed by atoms with Crippen molar-refractivity contribution in [3.8, 4) is 17.2 Å². The van der Waals surface area contributed by atoms with Crippen molar-refractivity contribution in [3.63, 3.8) is 0 Å². The minimum absolute atomic E-state index is 0.292. The van der Waals surface area contributed by atoms with E-state index >= 15 is 0 Å². The molecule has 0 unspecified atom stereocenters. The molecule has 0 fully saturated rings. The Kier molecular flexibility index (Phi) is 4.11. The molecule has 2 aromatic rings. The summed E-state index contributed by atoms with van der Waals surface area (Å²) in [6.07, 6.45) is 1.59. The lowest BCUT2D eigenvalue weighted by atomic mass is 10.2. The molecule has 0 atom stereocenters. The summed E-state index contributed by atoms with van der Waals surface area (Å²) in [6, 6.07) is 8.68. The Balaban J connectivity index is 1.98. The zero-order chi connectivity index (χ0) is 17.3. The zero-order valence-corrected chi connectivity index (χ0v) is 14.3. The molecule has 0 aromatic heterocycles. The van der Waals surface area contributed by atoms with Crippen LogP contribution in [0.15, 0.2) is 40.6 Å². The SMILES string of the molecule is COc1cc(Nc2ccc3c(c2)S(=O)(=O)C=C3)cc(OC)c1OC. The van der Waals surface area contributed by atoms with Gasteiger partial charge in [0.05, 0.1) is 26.2 Å². The van der Waals surface area contributed by atoms with E-state index in [0.717, 1.165) is 0 Å². The number of benzene rings is 2. The summed E-state index contributed by atoms with van der Waals surface area (Å²) < 4.78 is 39.9. The first-order chi connectivity index (χ1) is 11.5. The lowest BCUT2D eigenvalue weighted by Crippen LogP contribution is -1.99. The molecule has 3 rings (SSSR count). The van der Waals surface area contributed by atoms with Crippen molar-refractivity contribution in [3.05, 3.63) is 41.3 Å². The van der Waals surface area contributed by atoms with Gasteiger partial charge in [0, 0.05) is 28.9 Å². The fraction of sp³-hybridized carbons (Fsp3) is 0.176. The van der Waals surface area contributed by atoms with Crippen molar-refractivity contribution in [2.75, 3.05) is 26.6 Å². The second kappa shape index (κ2) is 6.09. The Morgan fingerprint density at radius 2 is 1.54 bits per heavy atom. The smallest absolute Gasteiger partial charge is 0.203 e. The Bertz CT molecular complexity index is 894. The van der Waals surface area contributed by atoms with Gasteiger partial charge in [0.1, 0.15) is 0 Å². The normalized spacial score (nSPS) is 14.1. The third kappa shape index (κ3) is 2.78. The molecule has 0 spiro atoms. The van der Waals surface area contributed by atoms with Crippen molar-refractivity contribution >= 4 is 27.3 Å². The predicted molar refractivity (Wildman–Crippen MR) is 92.0 cm³/mol. The molecule has 1 heterocycles. The molecule has 0 amide bonds. The van der Waals surface area contributed by atoms with Crippen molar-refractivity contribution in [2.45, 2.75) is 4.90 Å². The summed E-state index contributed by atoms with van der Waals surface area (Å²) in [7, 11) is 1.26. The minimum atomic E-state index is -3.35. The largest absolute Gasteiger partial charge is 0.493 e. The van der Waals surface area contributed by atoms with Gasteiger partial charge in [-0.1, -0.05) is 6.07 Å². The molecule has 0 radical (unpaired) electrons. The van der Waals surface area contributed by atoms with E-state index in [4.69, 9.17) is 14.2 Å². The second-order valence-corrected chi connectivity index (χ2v) is 6.94. The highest BCUT2D eigenvalue weighted by molar-refractivity contribution is 7.94. The maximum atomic E-state index is 12.0. The molecule has 126 valence electrons. The predicted octanol–water partition coefficient (Wildman–Crippen LogP) is 3.21. The van der Waals surface area contributed by atoms with Crippen LogP contribution in [0.3, 0.4) is 0 Å². The van der Waals surface area contributed by atoms with Crippen molar-refractivity contribution in [1.82, 2.24) is 0 Å². The molecule has 0 bridgehead atoms. The van der Waals surface area contributed by atoms with Crippen LogP contribution in [-0.2, 0) is 9.84 Å². The van der Waals surface area contributed by atoms with Gasteiger partial charge in [-0.15, -0.1) is 0 Å². The number of hydrogen-bond acceptors (Lipinski definition) is 6. The highest BCUT2D eigenvalue weighted by Crippen LogP contribution is 2.41. The van der Waals surface area contributed by atoms with E-state index in [2.05, 4.69) is 5.32 Å². The average molecular weight is 347 g/mol. The standard InChI is InChI=1S/C17H17NO5S/c1-21-14-8-13(9-15(22-2)17(14)23-3)18-12-5-4-11-6-7-24(19,20)16(11)10-12/h4-10,18H,1-3H3. The minimum Gasteiger partial charge on any atom is -0.493 e. The maximum absolute atomic E-state index is 12.0. The monoisotopic (exact) mass is 347 g/mol. The van der Waals surface area contributed by atoms with Gasteiger partial charge in [0.15, 0.2) is 11.5 Å². The summed E-state index contributed by atoms with van der Waals surface area (Å²) >= 11 is 0. The molecule has 2 aromatic carbocycles. The topological polar surface area (TPSA) is 73.9 Å². The zero-order valence-electron chi connectivity index (χ0n) is 13.5. The molecular formula is C17H17NO5S. The van der Waals surface area contributed by atoms with E-state index in [1.807, 2.05) is 6.07 Å². The number of nitrogens with one attached hydrogen (secondary N) is 1. The molecule has 24 heavy (non-hydrogen) atoms. The highest BCUT2D eigenvalue weighted by Gasteiger charge is 2.21. The van der Waals surface area contributed by atoms with Crippen LogP contribution in [0.4, 0.5) is 11.4 Å². The van der Waals surface area contributed by atoms with E-state index < -0.39 is 9.84 Å². The summed E-state index contributed by atoms with van der Waals surface area (Å²) in [4.78, 5) is 0.292. The van der Waals surface area contributed by atoms with Gasteiger partial charge < -0.3 is 19.5 Å². The molecule has 1 N–H and O–H groups in total. The Labute approximate surface area is 140 Å². The number of anilines is 2. The summed E-state index contributed by atoms with van der Waals surface area (Å²) in [5.41, 5.74) is 2.02. The number of fused-ring (bicyclic) bond motifs is 1. The number of ether oxygens (including phenoxy) is 3. The Hall–Kier alpha value is -2.67. The molecule has 1 aliphatic heterocycles. The van der Waals surface area contributed by atoms with Gasteiger partial charge >= 0.3 is 0 Å². The van der Waals surface area contributed by atoms with Crippen LogP contribution in [0.2, 0.25) is 0 Å². The molecule has 0 saturated carbocycles. The third-order valence-electron chi connectivity index (χ3n) is 3.70. The first kappa shape index (κ1) is 16.2. The highest BCUT2D eigenvalue weighted by atomic mass is 32.2. The second-order valence-electron chi connectivity index (χ2n) is 5.14. The van der Waals surface area contributed by atoms with Crippen LogP contribution < -0.4 is 19.5 Å². The van der Waals surface area contributed by atoms with Gasteiger partial charge in [-0.2, -0.15) is 0 Å². The summed E-state index contributed by atoms with van der Waals surface area (Å²) in [6.45, 7) is 0. The van der Waals surface area contributed by atoms with E-state index in [9.17, 15) is 8.42 Å². The Morgan fingerprint density at radius 3 is 2.12 bits per heavy atom. The van der Waals surface area contributed by atoms with Crippen LogP contribution in [0, 0.1) is 0 Å². The third-order valence-corrected chi connectivity index (χ3v) is 5.16. The van der Waals surface area contributed by atoms with Gasteiger partial charge in [-0.3, -0.25) is 0 Å². The molecule has 7 heteroatoms. The van der Waals surface area contributed by atoms with Crippen LogP contribution >= 0.6 is 0 Å². The summed E-state index contributed by atoms with van der Waals surface area (Å²) in [5, 5.41) is 4.37. The average Bonchev–Trinajstić information content (AvgIpc) is 2.88. The summed E-state index contributed by atoms with van der Waals surface area (Å²) in [5.74, 6) is 1.51. The maximum Gasteiger partial charge on any atom is 0.203 e. The van der Waals surface area contributed by atoms with Crippen molar-refractivity contribution < 1.29 is 22.6 Å². The van der Waals surface area contributed by atoms with Gasteiger partial charge in [-0.05, 0) is 23.8 Å². The quantitative estimate of drug-likeness (QED) is 0.895. The van der Waals surface area contributed by atoms with Gasteiger partial charge in [0.2, 0.25) is 15.6 Å². The van der Waals surface area contributed by atoms with Crippen LogP contribution in [0.1, 0.15) is 5.56 Å². The number of sulfone groups is 1. The van der Waals surface area contributed by atoms with Crippen molar-refractivity contribution in [2.24, 2.45) is 0 Å². The number of rotatable bonds is 5. The van der Waals surface area contributed by atoms with Gasteiger partial charge in [0.25, 0.3) is 0 Å².